The Bertz CT molecular complexity index is 1170. The molecule has 0 saturated heterocycles. The van der Waals surface area contributed by atoms with Crippen molar-refractivity contribution in [2.75, 3.05) is 0 Å². The smallest absolute Gasteiger partial charge is 0.241 e. The second-order valence-corrected chi connectivity index (χ2v) is 7.42. The molecule has 2 nitrogen and oxygen atoms in total. The van der Waals surface area contributed by atoms with Crippen molar-refractivity contribution < 1.29 is 4.79 Å². The van der Waals surface area contributed by atoms with Crippen LogP contribution in [0.15, 0.2) is 78.9 Å². The second kappa shape index (κ2) is 5.18. The summed E-state index contributed by atoms with van der Waals surface area (Å²) < 4.78 is 1.93. The van der Waals surface area contributed by atoms with Crippen LogP contribution in [0.3, 0.4) is 0 Å². The molecule has 0 saturated carbocycles. The molecule has 0 aliphatic carbocycles. The first-order valence-electron chi connectivity index (χ1n) is 8.94. The van der Waals surface area contributed by atoms with Crippen LogP contribution < -0.4 is 0 Å². The molecule has 2 heteroatoms. The van der Waals surface area contributed by atoms with Crippen molar-refractivity contribution in [3.05, 3.63) is 84.4 Å². The third kappa shape index (κ3) is 1.84. The molecule has 1 aliphatic rings. The summed E-state index contributed by atoms with van der Waals surface area (Å²) >= 11 is 0. The Hall–Kier alpha value is -3.13. The first-order chi connectivity index (χ1) is 12.6. The first kappa shape index (κ1) is 15.2. The number of carbonyl (C=O) groups excluding carboxylic acids is 1. The van der Waals surface area contributed by atoms with Gasteiger partial charge in [0.15, 0.2) is 0 Å². The number of hydrogen-bond donors (Lipinski definition) is 0. The predicted molar refractivity (Wildman–Crippen MR) is 106 cm³/mol. The monoisotopic (exact) mass is 337 g/mol. The minimum absolute atomic E-state index is 0.129. The molecule has 2 heterocycles. The third-order valence-corrected chi connectivity index (χ3v) is 5.53. The fourth-order valence-electron chi connectivity index (χ4n) is 4.23. The average molecular weight is 337 g/mol. The van der Waals surface area contributed by atoms with Crippen LogP contribution in [0.2, 0.25) is 0 Å². The number of hydrogen-bond acceptors (Lipinski definition) is 1. The lowest BCUT2D eigenvalue weighted by atomic mass is 9.77. The average Bonchev–Trinajstić information content (AvgIpc) is 3.02. The molecule has 126 valence electrons. The summed E-state index contributed by atoms with van der Waals surface area (Å²) in [5.74, 6) is 0.129. The van der Waals surface area contributed by atoms with Crippen molar-refractivity contribution in [2.45, 2.75) is 19.3 Å². The minimum atomic E-state index is -0.556. The third-order valence-electron chi connectivity index (χ3n) is 5.53. The molecule has 0 atom stereocenters. The number of para-hydroxylation sites is 1. The van der Waals surface area contributed by atoms with E-state index in [0.29, 0.717) is 0 Å². The largest absolute Gasteiger partial charge is 0.278 e. The Morgan fingerprint density at radius 2 is 1.42 bits per heavy atom. The van der Waals surface area contributed by atoms with E-state index >= 15 is 0 Å². The van der Waals surface area contributed by atoms with Crippen LogP contribution in [-0.2, 0) is 5.41 Å². The van der Waals surface area contributed by atoms with E-state index in [4.69, 9.17) is 0 Å². The summed E-state index contributed by atoms with van der Waals surface area (Å²) in [5.41, 5.74) is 5.95. The van der Waals surface area contributed by atoms with E-state index in [1.807, 2.05) is 48.7 Å². The fourth-order valence-corrected chi connectivity index (χ4v) is 4.23. The maximum atomic E-state index is 13.5. The zero-order chi connectivity index (χ0) is 17.9. The molecule has 1 aliphatic heterocycles. The van der Waals surface area contributed by atoms with Gasteiger partial charge in [-0.05, 0) is 31.0 Å². The molecule has 5 rings (SSSR count). The maximum Gasteiger partial charge on any atom is 0.241 e. The molecule has 3 aromatic carbocycles. The van der Waals surface area contributed by atoms with Gasteiger partial charge in [-0.2, -0.15) is 0 Å². The van der Waals surface area contributed by atoms with Gasteiger partial charge in [0, 0.05) is 16.5 Å². The standard InChI is InChI=1S/C24H19NO/c1-24(2)19-14-8-6-12-17(19)22-21(16-10-4-3-5-11-16)18-13-7-9-15-20(18)25(22)23(24)26/h3-15H,1-2H3. The lowest BCUT2D eigenvalue weighted by Crippen LogP contribution is -2.38. The van der Waals surface area contributed by atoms with Gasteiger partial charge in [-0.3, -0.25) is 9.36 Å². The Morgan fingerprint density at radius 1 is 0.769 bits per heavy atom. The Labute approximate surface area is 152 Å². The predicted octanol–water partition coefficient (Wildman–Crippen LogP) is 5.91. The normalized spacial score (nSPS) is 14.9. The topological polar surface area (TPSA) is 22.0 Å². The van der Waals surface area contributed by atoms with Gasteiger partial charge in [-0.1, -0.05) is 72.8 Å². The zero-order valence-electron chi connectivity index (χ0n) is 14.9. The zero-order valence-corrected chi connectivity index (χ0v) is 14.9. The molecule has 0 bridgehead atoms. The highest BCUT2D eigenvalue weighted by Gasteiger charge is 2.41. The SMILES string of the molecule is CC1(C)C(=O)n2c(c(-c3ccccc3)c3ccccc32)-c2ccccc21. The quantitative estimate of drug-likeness (QED) is 0.423. The summed E-state index contributed by atoms with van der Waals surface area (Å²) in [6.45, 7) is 4.04. The molecule has 0 spiro atoms. The minimum Gasteiger partial charge on any atom is -0.278 e. The van der Waals surface area contributed by atoms with Gasteiger partial charge in [-0.15, -0.1) is 0 Å². The summed E-state index contributed by atoms with van der Waals surface area (Å²) in [7, 11) is 0. The fraction of sp³-hybridized carbons (Fsp3) is 0.125. The van der Waals surface area contributed by atoms with Gasteiger partial charge >= 0.3 is 0 Å². The van der Waals surface area contributed by atoms with Crippen molar-refractivity contribution >= 4 is 16.8 Å². The van der Waals surface area contributed by atoms with E-state index in [2.05, 4.69) is 48.5 Å². The summed E-state index contributed by atoms with van der Waals surface area (Å²) in [5, 5.41) is 1.12. The molecular weight excluding hydrogens is 318 g/mol. The van der Waals surface area contributed by atoms with E-state index in [1.54, 1.807) is 0 Å². The number of nitrogens with zero attached hydrogens (tertiary/aromatic N) is 1. The molecule has 26 heavy (non-hydrogen) atoms. The first-order valence-corrected chi connectivity index (χ1v) is 8.94. The van der Waals surface area contributed by atoms with Crippen molar-refractivity contribution in [3.63, 3.8) is 0 Å². The highest BCUT2D eigenvalue weighted by molar-refractivity contribution is 6.14. The Kier molecular flexibility index (Phi) is 3.02. The molecule has 0 fully saturated rings. The molecule has 0 amide bonds. The van der Waals surface area contributed by atoms with Crippen molar-refractivity contribution in [1.82, 2.24) is 4.57 Å². The lowest BCUT2D eigenvalue weighted by Gasteiger charge is -2.33. The molecule has 0 N–H and O–H groups in total. The number of fused-ring (bicyclic) bond motifs is 5. The van der Waals surface area contributed by atoms with Crippen LogP contribution in [0.1, 0.15) is 24.2 Å². The Morgan fingerprint density at radius 3 is 2.23 bits per heavy atom. The number of rotatable bonds is 1. The molecule has 0 unspecified atom stereocenters. The summed E-state index contributed by atoms with van der Waals surface area (Å²) in [6.07, 6.45) is 0. The number of carbonyl (C=O) groups is 1. The van der Waals surface area contributed by atoms with E-state index in [9.17, 15) is 4.79 Å². The van der Waals surface area contributed by atoms with Crippen molar-refractivity contribution in [3.8, 4) is 22.4 Å². The van der Waals surface area contributed by atoms with Gasteiger partial charge in [0.2, 0.25) is 5.91 Å². The highest BCUT2D eigenvalue weighted by Crippen LogP contribution is 2.48. The van der Waals surface area contributed by atoms with Crippen molar-refractivity contribution in [1.29, 1.82) is 0 Å². The molecule has 1 aromatic heterocycles. The summed E-state index contributed by atoms with van der Waals surface area (Å²) in [4.78, 5) is 13.5. The molecular formula is C24H19NO. The van der Waals surface area contributed by atoms with E-state index < -0.39 is 5.41 Å². The van der Waals surface area contributed by atoms with E-state index in [1.165, 1.54) is 0 Å². The van der Waals surface area contributed by atoms with Gasteiger partial charge in [-0.25, -0.2) is 0 Å². The van der Waals surface area contributed by atoms with Crippen LogP contribution in [0, 0.1) is 0 Å². The van der Waals surface area contributed by atoms with Gasteiger partial charge in [0.25, 0.3) is 0 Å². The van der Waals surface area contributed by atoms with Crippen LogP contribution in [-0.4, -0.2) is 10.5 Å². The van der Waals surface area contributed by atoms with Crippen LogP contribution in [0.4, 0.5) is 0 Å². The van der Waals surface area contributed by atoms with E-state index in [-0.39, 0.29) is 5.91 Å². The van der Waals surface area contributed by atoms with Crippen molar-refractivity contribution in [2.24, 2.45) is 0 Å². The van der Waals surface area contributed by atoms with E-state index in [0.717, 1.165) is 38.9 Å². The lowest BCUT2D eigenvalue weighted by molar-refractivity contribution is 0.0824. The van der Waals surface area contributed by atoms with Crippen LogP contribution in [0.25, 0.3) is 33.3 Å². The Balaban J connectivity index is 2.01. The summed E-state index contributed by atoms with van der Waals surface area (Å²) in [6, 6.07) is 26.9. The van der Waals surface area contributed by atoms with Crippen LogP contribution in [0.5, 0.6) is 0 Å². The molecule has 0 radical (unpaired) electrons. The molecule has 4 aromatic rings. The highest BCUT2D eigenvalue weighted by atomic mass is 16.2. The van der Waals surface area contributed by atoms with Gasteiger partial charge < -0.3 is 0 Å². The second-order valence-electron chi connectivity index (χ2n) is 7.42. The van der Waals surface area contributed by atoms with Gasteiger partial charge in [0.05, 0.1) is 16.6 Å². The van der Waals surface area contributed by atoms with Gasteiger partial charge in [0.1, 0.15) is 0 Å². The van der Waals surface area contributed by atoms with Crippen LogP contribution >= 0.6 is 0 Å². The number of aromatic nitrogens is 1. The maximum absolute atomic E-state index is 13.5. The number of benzene rings is 3.